The molecule has 1 aliphatic rings. The molecule has 0 aliphatic carbocycles. The van der Waals surface area contributed by atoms with Gasteiger partial charge in [0.05, 0.1) is 7.11 Å². The Labute approximate surface area is 134 Å². The van der Waals surface area contributed by atoms with Crippen LogP contribution in [-0.2, 0) is 6.54 Å². The molecule has 0 radical (unpaired) electrons. The number of benzene rings is 2. The number of methoxy groups -OCH3 is 1. The van der Waals surface area contributed by atoms with E-state index in [-0.39, 0.29) is 0 Å². The summed E-state index contributed by atoms with van der Waals surface area (Å²) >= 11 is 3.57. The van der Waals surface area contributed by atoms with Gasteiger partial charge >= 0.3 is 0 Å². The van der Waals surface area contributed by atoms with Gasteiger partial charge in [0.2, 0.25) is 0 Å². The number of fused-ring (bicyclic) bond motifs is 1. The molecule has 0 fully saturated rings. The number of hydrogen-bond acceptors (Lipinski definition) is 2. The molecule has 1 unspecified atom stereocenters. The first kappa shape index (κ1) is 14.6. The monoisotopic (exact) mass is 345 g/mol. The van der Waals surface area contributed by atoms with Gasteiger partial charge in [0.15, 0.2) is 0 Å². The van der Waals surface area contributed by atoms with Crippen LogP contribution in [-0.4, -0.2) is 12.0 Å². The number of rotatable bonds is 3. The minimum absolute atomic E-state index is 0.386. The Kier molecular flexibility index (Phi) is 4.05. The average Bonchev–Trinajstić information content (AvgIpc) is 2.83. The molecule has 0 aromatic heterocycles. The third-order valence-electron chi connectivity index (χ3n) is 4.50. The highest BCUT2D eigenvalue weighted by Gasteiger charge is 2.30. The second kappa shape index (κ2) is 5.82. The Hall–Kier alpha value is -1.32. The summed E-state index contributed by atoms with van der Waals surface area (Å²) in [5, 5.41) is 0. The SMILES string of the molecule is COc1ccc([C@@H](C)N2Cc3cc(Br)ccc3C2C)cc1. The fourth-order valence-corrected chi connectivity index (χ4v) is 3.59. The topological polar surface area (TPSA) is 12.5 Å². The zero-order valence-electron chi connectivity index (χ0n) is 12.6. The van der Waals surface area contributed by atoms with Crippen LogP contribution in [0.15, 0.2) is 46.9 Å². The van der Waals surface area contributed by atoms with Crippen molar-refractivity contribution in [1.29, 1.82) is 0 Å². The van der Waals surface area contributed by atoms with E-state index < -0.39 is 0 Å². The summed E-state index contributed by atoms with van der Waals surface area (Å²) in [5.74, 6) is 0.910. The van der Waals surface area contributed by atoms with E-state index in [1.807, 2.05) is 12.1 Å². The van der Waals surface area contributed by atoms with Gasteiger partial charge < -0.3 is 4.74 Å². The van der Waals surface area contributed by atoms with Crippen molar-refractivity contribution in [2.75, 3.05) is 7.11 Å². The summed E-state index contributed by atoms with van der Waals surface area (Å²) in [6, 6.07) is 15.9. The van der Waals surface area contributed by atoms with E-state index in [0.717, 1.165) is 16.8 Å². The van der Waals surface area contributed by atoms with Crippen LogP contribution >= 0.6 is 15.9 Å². The lowest BCUT2D eigenvalue weighted by atomic mass is 10.0. The minimum atomic E-state index is 0.386. The smallest absolute Gasteiger partial charge is 0.118 e. The molecule has 0 amide bonds. The van der Waals surface area contributed by atoms with Gasteiger partial charge in [0, 0.05) is 23.1 Å². The van der Waals surface area contributed by atoms with Crippen LogP contribution in [0.4, 0.5) is 0 Å². The minimum Gasteiger partial charge on any atom is -0.497 e. The van der Waals surface area contributed by atoms with Crippen molar-refractivity contribution < 1.29 is 4.74 Å². The Morgan fingerprint density at radius 2 is 1.90 bits per heavy atom. The third kappa shape index (κ3) is 2.72. The van der Waals surface area contributed by atoms with Gasteiger partial charge in [-0.05, 0) is 54.8 Å². The zero-order valence-corrected chi connectivity index (χ0v) is 14.2. The van der Waals surface area contributed by atoms with Crippen LogP contribution in [0.3, 0.4) is 0 Å². The van der Waals surface area contributed by atoms with Gasteiger partial charge in [-0.2, -0.15) is 0 Å². The first-order chi connectivity index (χ1) is 10.1. The summed E-state index contributed by atoms with van der Waals surface area (Å²) < 4.78 is 6.40. The van der Waals surface area contributed by atoms with E-state index in [9.17, 15) is 0 Å². The second-order valence-electron chi connectivity index (χ2n) is 5.64. The first-order valence-corrected chi connectivity index (χ1v) is 8.07. The van der Waals surface area contributed by atoms with E-state index >= 15 is 0 Å². The van der Waals surface area contributed by atoms with Gasteiger partial charge in [0.1, 0.15) is 5.75 Å². The normalized spacial score (nSPS) is 19.3. The van der Waals surface area contributed by atoms with Crippen LogP contribution in [0, 0.1) is 0 Å². The van der Waals surface area contributed by atoms with Crippen molar-refractivity contribution in [1.82, 2.24) is 4.90 Å². The maximum atomic E-state index is 5.24. The third-order valence-corrected chi connectivity index (χ3v) is 4.99. The molecule has 0 bridgehead atoms. The molecule has 1 heterocycles. The van der Waals surface area contributed by atoms with E-state index in [1.54, 1.807) is 7.11 Å². The standard InChI is InChI=1S/C18H20BrNO/c1-12(14-4-7-17(21-3)8-5-14)20-11-15-10-16(19)6-9-18(15)13(20)2/h4-10,12-13H,11H2,1-3H3/t12-,13?/m1/s1. The molecule has 1 aliphatic heterocycles. The summed E-state index contributed by atoms with van der Waals surface area (Å²) in [6.07, 6.45) is 0. The van der Waals surface area contributed by atoms with Crippen LogP contribution < -0.4 is 4.74 Å². The number of halogens is 1. The van der Waals surface area contributed by atoms with Crippen molar-refractivity contribution in [3.8, 4) is 5.75 Å². The lowest BCUT2D eigenvalue weighted by Gasteiger charge is -2.29. The van der Waals surface area contributed by atoms with E-state index in [1.165, 1.54) is 16.7 Å². The zero-order chi connectivity index (χ0) is 15.0. The molecule has 3 rings (SSSR count). The molecule has 2 aromatic carbocycles. The molecule has 0 saturated heterocycles. The first-order valence-electron chi connectivity index (χ1n) is 7.28. The van der Waals surface area contributed by atoms with Gasteiger partial charge in [0.25, 0.3) is 0 Å². The lowest BCUT2D eigenvalue weighted by molar-refractivity contribution is 0.168. The summed E-state index contributed by atoms with van der Waals surface area (Å²) in [5.41, 5.74) is 4.20. The van der Waals surface area contributed by atoms with Crippen molar-refractivity contribution in [2.45, 2.75) is 32.5 Å². The highest BCUT2D eigenvalue weighted by atomic mass is 79.9. The fraction of sp³-hybridized carbons (Fsp3) is 0.333. The van der Waals surface area contributed by atoms with Crippen molar-refractivity contribution in [3.63, 3.8) is 0 Å². The molecule has 0 saturated carbocycles. The molecular weight excluding hydrogens is 326 g/mol. The Bertz CT molecular complexity index is 638. The maximum Gasteiger partial charge on any atom is 0.118 e. The summed E-state index contributed by atoms with van der Waals surface area (Å²) in [7, 11) is 1.70. The molecule has 2 atom stereocenters. The van der Waals surface area contributed by atoms with Gasteiger partial charge in [-0.25, -0.2) is 0 Å². The predicted molar refractivity (Wildman–Crippen MR) is 89.5 cm³/mol. The highest BCUT2D eigenvalue weighted by Crippen LogP contribution is 2.40. The van der Waals surface area contributed by atoms with Crippen molar-refractivity contribution in [3.05, 3.63) is 63.6 Å². The van der Waals surface area contributed by atoms with Crippen LogP contribution in [0.25, 0.3) is 0 Å². The summed E-state index contributed by atoms with van der Waals surface area (Å²) in [6.45, 7) is 5.57. The largest absolute Gasteiger partial charge is 0.497 e. The van der Waals surface area contributed by atoms with Crippen LogP contribution in [0.2, 0.25) is 0 Å². The Balaban J connectivity index is 1.84. The number of nitrogens with zero attached hydrogens (tertiary/aromatic N) is 1. The van der Waals surface area contributed by atoms with Gasteiger partial charge in [-0.1, -0.05) is 34.1 Å². The molecule has 21 heavy (non-hydrogen) atoms. The Morgan fingerprint density at radius 1 is 1.19 bits per heavy atom. The number of ether oxygens (including phenoxy) is 1. The van der Waals surface area contributed by atoms with Crippen molar-refractivity contribution in [2.24, 2.45) is 0 Å². The molecule has 2 aromatic rings. The van der Waals surface area contributed by atoms with Crippen molar-refractivity contribution >= 4 is 15.9 Å². The van der Waals surface area contributed by atoms with E-state index in [0.29, 0.717) is 12.1 Å². The quantitative estimate of drug-likeness (QED) is 0.767. The maximum absolute atomic E-state index is 5.24. The molecule has 0 N–H and O–H groups in total. The number of hydrogen-bond donors (Lipinski definition) is 0. The fourth-order valence-electron chi connectivity index (χ4n) is 3.18. The molecule has 3 heteroatoms. The van der Waals surface area contributed by atoms with Gasteiger partial charge in [-0.15, -0.1) is 0 Å². The molecule has 0 spiro atoms. The Morgan fingerprint density at radius 3 is 2.57 bits per heavy atom. The van der Waals surface area contributed by atoms with Gasteiger partial charge in [-0.3, -0.25) is 4.90 Å². The predicted octanol–water partition coefficient (Wildman–Crippen LogP) is 5.10. The van der Waals surface area contributed by atoms with Crippen LogP contribution in [0.5, 0.6) is 5.75 Å². The lowest BCUT2D eigenvalue weighted by Crippen LogP contribution is -2.23. The molecule has 110 valence electrons. The van der Waals surface area contributed by atoms with Crippen LogP contribution in [0.1, 0.15) is 42.6 Å². The summed E-state index contributed by atoms with van der Waals surface area (Å²) in [4.78, 5) is 2.54. The second-order valence-corrected chi connectivity index (χ2v) is 6.56. The van der Waals surface area contributed by atoms with E-state index in [4.69, 9.17) is 4.74 Å². The highest BCUT2D eigenvalue weighted by molar-refractivity contribution is 9.10. The van der Waals surface area contributed by atoms with E-state index in [2.05, 4.69) is 65.0 Å². The molecular formula is C18H20BrNO. The average molecular weight is 346 g/mol. The molecule has 2 nitrogen and oxygen atoms in total.